The Labute approximate surface area is 170 Å². The molecular weight excluding hydrogens is 364 g/mol. The Kier molecular flexibility index (Phi) is 6.24. The van der Waals surface area contributed by atoms with Crippen LogP contribution in [-0.2, 0) is 6.54 Å². The van der Waals surface area contributed by atoms with Crippen molar-refractivity contribution in [2.75, 3.05) is 5.73 Å². The van der Waals surface area contributed by atoms with Crippen LogP contribution in [0.3, 0.4) is 0 Å². The molecule has 29 heavy (non-hydrogen) atoms. The highest BCUT2D eigenvalue weighted by atomic mass is 16.2. The van der Waals surface area contributed by atoms with E-state index in [4.69, 9.17) is 5.73 Å². The number of nitrogens with zero attached hydrogens (tertiary/aromatic N) is 1. The van der Waals surface area contributed by atoms with E-state index in [9.17, 15) is 9.59 Å². The van der Waals surface area contributed by atoms with Crippen molar-refractivity contribution in [3.63, 3.8) is 0 Å². The maximum absolute atomic E-state index is 12.4. The number of aromatic nitrogens is 1. The lowest BCUT2D eigenvalue weighted by Gasteiger charge is -2.09. The van der Waals surface area contributed by atoms with Crippen LogP contribution < -0.4 is 16.4 Å². The Bertz CT molecular complexity index is 996. The Balaban J connectivity index is 1.62. The number of benzene rings is 2. The molecule has 0 aliphatic rings. The second-order valence-electron chi connectivity index (χ2n) is 7.04. The summed E-state index contributed by atoms with van der Waals surface area (Å²) in [6.45, 7) is 4.10. The van der Waals surface area contributed by atoms with Gasteiger partial charge in [0.15, 0.2) is 0 Å². The van der Waals surface area contributed by atoms with Crippen LogP contribution in [0.2, 0.25) is 0 Å². The van der Waals surface area contributed by atoms with Gasteiger partial charge >= 0.3 is 0 Å². The third-order valence-electron chi connectivity index (χ3n) is 4.29. The van der Waals surface area contributed by atoms with Gasteiger partial charge in [-0.15, -0.1) is 0 Å². The summed E-state index contributed by atoms with van der Waals surface area (Å²) in [5.41, 5.74) is 10.0. The highest BCUT2D eigenvalue weighted by Gasteiger charge is 2.13. The van der Waals surface area contributed by atoms with Crippen molar-refractivity contribution in [1.29, 1.82) is 0 Å². The zero-order valence-corrected chi connectivity index (χ0v) is 16.5. The van der Waals surface area contributed by atoms with E-state index in [1.54, 1.807) is 18.2 Å². The van der Waals surface area contributed by atoms with E-state index in [0.717, 1.165) is 22.4 Å². The van der Waals surface area contributed by atoms with Gasteiger partial charge in [-0.3, -0.25) is 9.59 Å². The van der Waals surface area contributed by atoms with Crippen LogP contribution in [0, 0.1) is 0 Å². The first-order valence-corrected chi connectivity index (χ1v) is 9.43. The summed E-state index contributed by atoms with van der Waals surface area (Å²) < 4.78 is 0. The van der Waals surface area contributed by atoms with E-state index in [2.05, 4.69) is 15.6 Å². The summed E-state index contributed by atoms with van der Waals surface area (Å²) in [7, 11) is 0. The molecule has 2 amide bonds. The number of nitrogen functional groups attached to an aromatic ring is 1. The highest BCUT2D eigenvalue weighted by molar-refractivity contribution is 5.96. The molecule has 0 aliphatic carbocycles. The first kappa shape index (κ1) is 20.1. The van der Waals surface area contributed by atoms with E-state index < -0.39 is 0 Å². The first-order chi connectivity index (χ1) is 13.9. The minimum atomic E-state index is -0.327. The highest BCUT2D eigenvalue weighted by Crippen LogP contribution is 2.21. The molecule has 0 fully saturated rings. The molecule has 0 saturated carbocycles. The fourth-order valence-corrected chi connectivity index (χ4v) is 2.79. The SMILES string of the molecule is CC(C)NC(=O)c1cccc(C(=O)NCc2ccc(-c3ccc(N)cc3)cc2)n1. The van der Waals surface area contributed by atoms with E-state index in [-0.39, 0.29) is 29.2 Å². The van der Waals surface area contributed by atoms with Crippen LogP contribution >= 0.6 is 0 Å². The Morgan fingerprint density at radius 1 is 0.862 bits per heavy atom. The molecule has 6 heteroatoms. The van der Waals surface area contributed by atoms with Crippen LogP contribution in [0.15, 0.2) is 66.7 Å². The van der Waals surface area contributed by atoms with Crippen molar-refractivity contribution in [2.45, 2.75) is 26.4 Å². The first-order valence-electron chi connectivity index (χ1n) is 9.43. The molecule has 6 nitrogen and oxygen atoms in total. The van der Waals surface area contributed by atoms with Gasteiger partial charge in [0.2, 0.25) is 0 Å². The van der Waals surface area contributed by atoms with Crippen LogP contribution in [0.5, 0.6) is 0 Å². The van der Waals surface area contributed by atoms with E-state index in [1.807, 2.05) is 62.4 Å². The quantitative estimate of drug-likeness (QED) is 0.564. The standard InChI is InChI=1S/C23H24N4O2/c1-15(2)26-23(29)21-5-3-4-20(27-21)22(28)25-14-16-6-8-17(9-7-16)18-10-12-19(24)13-11-18/h3-13,15H,14,24H2,1-2H3,(H,25,28)(H,26,29). The molecule has 0 aliphatic heterocycles. The molecule has 0 unspecified atom stereocenters. The molecule has 0 atom stereocenters. The number of carbonyl (C=O) groups is 2. The molecule has 0 radical (unpaired) electrons. The zero-order chi connectivity index (χ0) is 20.8. The van der Waals surface area contributed by atoms with Gasteiger partial charge in [-0.05, 0) is 54.8 Å². The molecular formula is C23H24N4O2. The van der Waals surface area contributed by atoms with Gasteiger partial charge in [0, 0.05) is 18.3 Å². The van der Waals surface area contributed by atoms with Gasteiger partial charge in [-0.1, -0.05) is 42.5 Å². The number of hydrogen-bond acceptors (Lipinski definition) is 4. The average molecular weight is 388 g/mol. The normalized spacial score (nSPS) is 10.6. The molecule has 0 bridgehead atoms. The molecule has 1 heterocycles. The monoisotopic (exact) mass is 388 g/mol. The minimum Gasteiger partial charge on any atom is -0.399 e. The lowest BCUT2D eigenvalue weighted by atomic mass is 10.0. The molecule has 148 valence electrons. The summed E-state index contributed by atoms with van der Waals surface area (Å²) in [4.78, 5) is 28.6. The number of pyridine rings is 1. The van der Waals surface area contributed by atoms with Crippen LogP contribution in [0.1, 0.15) is 40.4 Å². The number of carbonyl (C=O) groups excluding carboxylic acids is 2. The van der Waals surface area contributed by atoms with Crippen molar-refractivity contribution in [2.24, 2.45) is 0 Å². The maximum atomic E-state index is 12.4. The fraction of sp³-hybridized carbons (Fsp3) is 0.174. The van der Waals surface area contributed by atoms with Crippen molar-refractivity contribution in [3.8, 4) is 11.1 Å². The lowest BCUT2D eigenvalue weighted by molar-refractivity contribution is 0.0936. The Morgan fingerprint density at radius 3 is 2.00 bits per heavy atom. The third kappa shape index (κ3) is 5.42. The maximum Gasteiger partial charge on any atom is 0.270 e. The number of amides is 2. The second-order valence-corrected chi connectivity index (χ2v) is 7.04. The van der Waals surface area contributed by atoms with Gasteiger partial charge in [-0.25, -0.2) is 4.98 Å². The molecule has 3 rings (SSSR count). The number of nitrogens with one attached hydrogen (secondary N) is 2. The van der Waals surface area contributed by atoms with Crippen molar-refractivity contribution in [1.82, 2.24) is 15.6 Å². The van der Waals surface area contributed by atoms with Gasteiger partial charge in [0.25, 0.3) is 11.8 Å². The van der Waals surface area contributed by atoms with Crippen molar-refractivity contribution in [3.05, 3.63) is 83.7 Å². The summed E-state index contributed by atoms with van der Waals surface area (Å²) in [5, 5.41) is 5.60. The smallest absolute Gasteiger partial charge is 0.270 e. The average Bonchev–Trinajstić information content (AvgIpc) is 2.72. The summed E-state index contributed by atoms with van der Waals surface area (Å²) in [6, 6.07) is 20.4. The van der Waals surface area contributed by atoms with Gasteiger partial charge in [0.1, 0.15) is 11.4 Å². The van der Waals surface area contributed by atoms with E-state index >= 15 is 0 Å². The topological polar surface area (TPSA) is 97.1 Å². The fourth-order valence-electron chi connectivity index (χ4n) is 2.79. The summed E-state index contributed by atoms with van der Waals surface area (Å²) >= 11 is 0. The van der Waals surface area contributed by atoms with Crippen LogP contribution in [0.25, 0.3) is 11.1 Å². The third-order valence-corrected chi connectivity index (χ3v) is 4.29. The predicted molar refractivity (Wildman–Crippen MR) is 114 cm³/mol. The molecule has 0 saturated heterocycles. The lowest BCUT2D eigenvalue weighted by Crippen LogP contribution is -2.31. The number of rotatable bonds is 6. The minimum absolute atomic E-state index is 0.00185. The largest absolute Gasteiger partial charge is 0.399 e. The Hall–Kier alpha value is -3.67. The van der Waals surface area contributed by atoms with Gasteiger partial charge in [-0.2, -0.15) is 0 Å². The second kappa shape index (κ2) is 9.01. The molecule has 2 aromatic carbocycles. The summed E-state index contributed by atoms with van der Waals surface area (Å²) in [6.07, 6.45) is 0. The van der Waals surface area contributed by atoms with E-state index in [0.29, 0.717) is 6.54 Å². The van der Waals surface area contributed by atoms with Crippen LogP contribution in [0.4, 0.5) is 5.69 Å². The predicted octanol–water partition coefficient (Wildman–Crippen LogP) is 3.40. The number of nitrogens with two attached hydrogens (primary N) is 1. The summed E-state index contributed by atoms with van der Waals surface area (Å²) in [5.74, 6) is -0.625. The van der Waals surface area contributed by atoms with Gasteiger partial charge < -0.3 is 16.4 Å². The number of hydrogen-bond donors (Lipinski definition) is 3. The van der Waals surface area contributed by atoms with E-state index in [1.165, 1.54) is 0 Å². The van der Waals surface area contributed by atoms with Gasteiger partial charge in [0.05, 0.1) is 0 Å². The zero-order valence-electron chi connectivity index (χ0n) is 16.5. The Morgan fingerprint density at radius 2 is 1.41 bits per heavy atom. The molecule has 0 spiro atoms. The molecule has 4 N–H and O–H groups in total. The number of anilines is 1. The molecule has 3 aromatic rings. The molecule has 1 aromatic heterocycles. The van der Waals surface area contributed by atoms with Crippen LogP contribution in [-0.4, -0.2) is 22.8 Å². The van der Waals surface area contributed by atoms with Crippen molar-refractivity contribution >= 4 is 17.5 Å². The van der Waals surface area contributed by atoms with Crippen molar-refractivity contribution < 1.29 is 9.59 Å².